The van der Waals surface area contributed by atoms with Gasteiger partial charge >= 0.3 is 0 Å². The monoisotopic (exact) mass is 221 g/mol. The van der Waals surface area contributed by atoms with Gasteiger partial charge in [0.2, 0.25) is 10.0 Å². The summed E-state index contributed by atoms with van der Waals surface area (Å²) >= 11 is 0. The van der Waals surface area contributed by atoms with Gasteiger partial charge in [0.25, 0.3) is 0 Å². The third-order valence-corrected chi connectivity index (χ3v) is 4.00. The quantitative estimate of drug-likeness (QED) is 0.636. The summed E-state index contributed by atoms with van der Waals surface area (Å²) in [6.45, 7) is 2.19. The van der Waals surface area contributed by atoms with Crippen molar-refractivity contribution < 1.29 is 8.42 Å². The smallest absolute Gasteiger partial charge is 0.209 e. The normalized spacial score (nSPS) is 23.6. The molecule has 0 aromatic heterocycles. The van der Waals surface area contributed by atoms with Crippen molar-refractivity contribution in [1.82, 2.24) is 4.90 Å². The van der Waals surface area contributed by atoms with Gasteiger partial charge in [0.05, 0.1) is 5.75 Å². The van der Waals surface area contributed by atoms with Crippen LogP contribution in [0, 0.1) is 5.41 Å². The highest BCUT2D eigenvalue weighted by atomic mass is 32.2. The fourth-order valence-corrected chi connectivity index (χ4v) is 3.19. The van der Waals surface area contributed by atoms with Crippen molar-refractivity contribution >= 4 is 10.0 Å². The van der Waals surface area contributed by atoms with Crippen molar-refractivity contribution in [3.63, 3.8) is 0 Å². The van der Waals surface area contributed by atoms with Gasteiger partial charge < -0.3 is 10.6 Å². The first-order chi connectivity index (χ1) is 6.37. The molecule has 4 N–H and O–H groups in total. The summed E-state index contributed by atoms with van der Waals surface area (Å²) in [5.74, 6) is 0.0182. The highest BCUT2D eigenvalue weighted by molar-refractivity contribution is 7.89. The van der Waals surface area contributed by atoms with Gasteiger partial charge in [-0.1, -0.05) is 0 Å². The van der Waals surface area contributed by atoms with Gasteiger partial charge in [-0.3, -0.25) is 0 Å². The summed E-state index contributed by atoms with van der Waals surface area (Å²) in [4.78, 5) is 2.18. The zero-order valence-electron chi connectivity index (χ0n) is 8.57. The van der Waals surface area contributed by atoms with Crippen molar-refractivity contribution in [2.24, 2.45) is 16.3 Å². The lowest BCUT2D eigenvalue weighted by molar-refractivity contribution is 0.149. The molecule has 1 fully saturated rings. The SMILES string of the molecule is CN1CCC(CN)(CS(N)(=O)=O)CC1. The molecule has 1 heterocycles. The van der Waals surface area contributed by atoms with E-state index >= 15 is 0 Å². The van der Waals surface area contributed by atoms with Crippen molar-refractivity contribution in [3.8, 4) is 0 Å². The lowest BCUT2D eigenvalue weighted by Crippen LogP contribution is -2.47. The van der Waals surface area contributed by atoms with E-state index in [0.29, 0.717) is 6.54 Å². The van der Waals surface area contributed by atoms with Crippen LogP contribution in [0.4, 0.5) is 0 Å². The number of likely N-dealkylation sites (tertiary alicyclic amines) is 1. The Hall–Kier alpha value is -0.170. The average molecular weight is 221 g/mol. The van der Waals surface area contributed by atoms with Crippen LogP contribution in [0.1, 0.15) is 12.8 Å². The van der Waals surface area contributed by atoms with E-state index in [1.807, 2.05) is 7.05 Å². The Labute approximate surface area is 85.5 Å². The lowest BCUT2D eigenvalue weighted by Gasteiger charge is -2.39. The van der Waals surface area contributed by atoms with Crippen LogP contribution in [-0.2, 0) is 10.0 Å². The number of primary sulfonamides is 1. The van der Waals surface area contributed by atoms with Crippen LogP contribution >= 0.6 is 0 Å². The minimum atomic E-state index is -3.41. The number of hydrogen-bond acceptors (Lipinski definition) is 4. The second-order valence-corrected chi connectivity index (χ2v) is 5.93. The summed E-state index contributed by atoms with van der Waals surface area (Å²) in [7, 11) is -1.39. The van der Waals surface area contributed by atoms with Gasteiger partial charge in [-0.15, -0.1) is 0 Å². The molecule has 1 rings (SSSR count). The molecule has 0 amide bonds. The topological polar surface area (TPSA) is 89.4 Å². The summed E-state index contributed by atoms with van der Waals surface area (Å²) in [5, 5.41) is 5.06. The Kier molecular flexibility index (Phi) is 3.52. The van der Waals surface area contributed by atoms with Gasteiger partial charge in [-0.05, 0) is 39.5 Å². The van der Waals surface area contributed by atoms with E-state index in [1.54, 1.807) is 0 Å². The first-order valence-corrected chi connectivity index (χ1v) is 6.48. The van der Waals surface area contributed by atoms with Crippen LogP contribution in [0.25, 0.3) is 0 Å². The summed E-state index contributed by atoms with van der Waals surface area (Å²) in [5.41, 5.74) is 5.36. The second kappa shape index (κ2) is 4.14. The molecule has 6 heteroatoms. The maximum atomic E-state index is 11.1. The molecule has 84 valence electrons. The maximum Gasteiger partial charge on any atom is 0.209 e. The van der Waals surface area contributed by atoms with Crippen LogP contribution in [0.15, 0.2) is 0 Å². The Bertz CT molecular complexity index is 281. The van der Waals surface area contributed by atoms with Crippen molar-refractivity contribution in [2.45, 2.75) is 12.8 Å². The molecule has 14 heavy (non-hydrogen) atoms. The number of nitrogens with two attached hydrogens (primary N) is 2. The van der Waals surface area contributed by atoms with Crippen molar-refractivity contribution in [2.75, 3.05) is 32.4 Å². The molecule has 1 saturated heterocycles. The number of nitrogens with zero attached hydrogens (tertiary/aromatic N) is 1. The Morgan fingerprint density at radius 1 is 1.36 bits per heavy atom. The van der Waals surface area contributed by atoms with Crippen LogP contribution in [0.3, 0.4) is 0 Å². The third-order valence-electron chi connectivity index (χ3n) is 2.99. The second-order valence-electron chi connectivity index (χ2n) is 4.31. The minimum Gasteiger partial charge on any atom is -0.330 e. The molecular formula is C8H19N3O2S. The molecule has 0 spiro atoms. The van der Waals surface area contributed by atoms with Crippen LogP contribution < -0.4 is 10.9 Å². The number of sulfonamides is 1. The van der Waals surface area contributed by atoms with E-state index in [0.717, 1.165) is 25.9 Å². The van der Waals surface area contributed by atoms with Gasteiger partial charge in [-0.2, -0.15) is 0 Å². The molecule has 0 bridgehead atoms. The number of piperidine rings is 1. The van der Waals surface area contributed by atoms with E-state index in [9.17, 15) is 8.42 Å². The van der Waals surface area contributed by atoms with E-state index in [-0.39, 0.29) is 11.2 Å². The Morgan fingerprint density at radius 3 is 2.21 bits per heavy atom. The zero-order valence-corrected chi connectivity index (χ0v) is 9.39. The predicted molar refractivity (Wildman–Crippen MR) is 56.2 cm³/mol. The molecule has 1 aliphatic rings. The fraction of sp³-hybridized carbons (Fsp3) is 1.00. The van der Waals surface area contributed by atoms with Gasteiger partial charge in [-0.25, -0.2) is 13.6 Å². The highest BCUT2D eigenvalue weighted by Gasteiger charge is 2.35. The molecule has 0 aromatic carbocycles. The zero-order chi connectivity index (χ0) is 10.8. The van der Waals surface area contributed by atoms with Gasteiger partial charge in [0.1, 0.15) is 0 Å². The summed E-state index contributed by atoms with van der Waals surface area (Å²) < 4.78 is 22.1. The molecule has 0 atom stereocenters. The van der Waals surface area contributed by atoms with E-state index < -0.39 is 10.0 Å². The molecule has 0 aromatic rings. The van der Waals surface area contributed by atoms with E-state index in [4.69, 9.17) is 10.9 Å². The predicted octanol–water partition coefficient (Wildman–Crippen LogP) is -1.05. The molecule has 0 aliphatic carbocycles. The standard InChI is InChI=1S/C8H19N3O2S/c1-11-4-2-8(6-9,3-5-11)7-14(10,12)13/h2-7,9H2,1H3,(H2,10,12,13). The lowest BCUT2D eigenvalue weighted by atomic mass is 9.80. The number of hydrogen-bond donors (Lipinski definition) is 2. The maximum absolute atomic E-state index is 11.1. The average Bonchev–Trinajstić information content (AvgIpc) is 2.07. The van der Waals surface area contributed by atoms with E-state index in [2.05, 4.69) is 4.90 Å². The largest absolute Gasteiger partial charge is 0.330 e. The number of rotatable bonds is 3. The molecular weight excluding hydrogens is 202 g/mol. The third kappa shape index (κ3) is 3.20. The molecule has 5 nitrogen and oxygen atoms in total. The molecule has 1 aliphatic heterocycles. The van der Waals surface area contributed by atoms with Gasteiger partial charge in [0, 0.05) is 5.41 Å². The Balaban J connectivity index is 2.68. The molecule has 0 saturated carbocycles. The summed E-state index contributed by atoms with van der Waals surface area (Å²) in [6.07, 6.45) is 1.63. The summed E-state index contributed by atoms with van der Waals surface area (Å²) in [6, 6.07) is 0. The first kappa shape index (κ1) is 11.9. The van der Waals surface area contributed by atoms with Crippen LogP contribution in [0.2, 0.25) is 0 Å². The van der Waals surface area contributed by atoms with Crippen LogP contribution in [0.5, 0.6) is 0 Å². The fourth-order valence-electron chi connectivity index (χ4n) is 1.93. The minimum absolute atomic E-state index is 0.0182. The molecule has 0 unspecified atom stereocenters. The van der Waals surface area contributed by atoms with Crippen LogP contribution in [-0.4, -0.2) is 45.8 Å². The molecule has 0 radical (unpaired) electrons. The Morgan fingerprint density at radius 2 is 1.86 bits per heavy atom. The van der Waals surface area contributed by atoms with Crippen molar-refractivity contribution in [1.29, 1.82) is 0 Å². The van der Waals surface area contributed by atoms with Crippen molar-refractivity contribution in [3.05, 3.63) is 0 Å². The highest BCUT2D eigenvalue weighted by Crippen LogP contribution is 2.30. The van der Waals surface area contributed by atoms with E-state index in [1.165, 1.54) is 0 Å². The van der Waals surface area contributed by atoms with Gasteiger partial charge in [0.15, 0.2) is 0 Å². The first-order valence-electron chi connectivity index (χ1n) is 4.76.